The minimum absolute atomic E-state index is 0.796. The maximum Gasteiger partial charge on any atom is 0.162 e. The maximum absolute atomic E-state index is 5.02. The second-order valence-corrected chi connectivity index (χ2v) is 7.56. The van der Waals surface area contributed by atoms with E-state index in [1.807, 2.05) is 6.07 Å². The molecular weight excluding hydrogens is 356 g/mol. The SMILES string of the molecule is Cc1ccc(-c2nc(N3CCN(c4ccccc4)CC3)c3ccccc3n2)cc1. The number of para-hydroxylation sites is 2. The van der Waals surface area contributed by atoms with Gasteiger partial charge in [0.05, 0.1) is 5.52 Å². The van der Waals surface area contributed by atoms with Crippen molar-refractivity contribution in [3.63, 3.8) is 0 Å². The molecule has 29 heavy (non-hydrogen) atoms. The Bertz CT molecular complexity index is 1110. The van der Waals surface area contributed by atoms with Gasteiger partial charge in [0, 0.05) is 42.8 Å². The highest BCUT2D eigenvalue weighted by atomic mass is 15.3. The molecule has 0 saturated carbocycles. The summed E-state index contributed by atoms with van der Waals surface area (Å²) in [5.41, 5.74) is 4.59. The Morgan fingerprint density at radius 2 is 1.31 bits per heavy atom. The fourth-order valence-electron chi connectivity index (χ4n) is 3.95. The third kappa shape index (κ3) is 3.54. The first-order chi connectivity index (χ1) is 14.3. The number of aromatic nitrogens is 2. The van der Waals surface area contributed by atoms with Gasteiger partial charge in [-0.1, -0.05) is 60.2 Å². The molecular formula is C25H24N4. The molecule has 3 aromatic carbocycles. The van der Waals surface area contributed by atoms with Crippen molar-refractivity contribution in [1.82, 2.24) is 9.97 Å². The van der Waals surface area contributed by atoms with Crippen molar-refractivity contribution >= 4 is 22.4 Å². The zero-order valence-electron chi connectivity index (χ0n) is 16.6. The molecule has 4 aromatic rings. The molecule has 0 amide bonds. The van der Waals surface area contributed by atoms with Crippen LogP contribution < -0.4 is 9.80 Å². The lowest BCUT2D eigenvalue weighted by molar-refractivity contribution is 0.649. The summed E-state index contributed by atoms with van der Waals surface area (Å²) >= 11 is 0. The first kappa shape index (κ1) is 17.7. The van der Waals surface area contributed by atoms with Gasteiger partial charge in [0.15, 0.2) is 5.82 Å². The largest absolute Gasteiger partial charge is 0.368 e. The van der Waals surface area contributed by atoms with Gasteiger partial charge in [0.2, 0.25) is 0 Å². The van der Waals surface area contributed by atoms with Crippen LogP contribution in [0.3, 0.4) is 0 Å². The van der Waals surface area contributed by atoms with Crippen molar-refractivity contribution in [3.8, 4) is 11.4 Å². The topological polar surface area (TPSA) is 32.3 Å². The van der Waals surface area contributed by atoms with Gasteiger partial charge in [-0.3, -0.25) is 0 Å². The van der Waals surface area contributed by atoms with Crippen LogP contribution in [0.4, 0.5) is 11.5 Å². The Morgan fingerprint density at radius 1 is 0.655 bits per heavy atom. The first-order valence-corrected chi connectivity index (χ1v) is 10.2. The number of aryl methyl sites for hydroxylation is 1. The van der Waals surface area contributed by atoms with Gasteiger partial charge in [-0.05, 0) is 31.2 Å². The Hall–Kier alpha value is -3.40. The molecule has 0 radical (unpaired) electrons. The van der Waals surface area contributed by atoms with Crippen LogP contribution in [0, 0.1) is 6.92 Å². The molecule has 0 spiro atoms. The minimum Gasteiger partial charge on any atom is -0.368 e. The zero-order valence-corrected chi connectivity index (χ0v) is 16.6. The fourth-order valence-corrected chi connectivity index (χ4v) is 3.95. The van der Waals surface area contributed by atoms with E-state index in [0.717, 1.165) is 54.3 Å². The van der Waals surface area contributed by atoms with Crippen molar-refractivity contribution in [2.75, 3.05) is 36.0 Å². The molecule has 0 aliphatic carbocycles. The molecule has 1 fully saturated rings. The molecule has 5 rings (SSSR count). The number of anilines is 2. The number of benzene rings is 3. The number of piperazine rings is 1. The second kappa shape index (κ2) is 7.55. The number of hydrogen-bond donors (Lipinski definition) is 0. The fraction of sp³-hybridized carbons (Fsp3) is 0.200. The van der Waals surface area contributed by atoms with Crippen molar-refractivity contribution in [2.45, 2.75) is 6.92 Å². The van der Waals surface area contributed by atoms with E-state index in [4.69, 9.17) is 9.97 Å². The van der Waals surface area contributed by atoms with Crippen LogP contribution in [0.15, 0.2) is 78.9 Å². The average Bonchev–Trinajstić information content (AvgIpc) is 2.79. The maximum atomic E-state index is 5.02. The highest BCUT2D eigenvalue weighted by Gasteiger charge is 2.21. The Labute approximate surface area is 171 Å². The van der Waals surface area contributed by atoms with Gasteiger partial charge >= 0.3 is 0 Å². The second-order valence-electron chi connectivity index (χ2n) is 7.56. The predicted molar refractivity (Wildman–Crippen MR) is 121 cm³/mol. The normalized spacial score (nSPS) is 14.4. The molecule has 2 heterocycles. The van der Waals surface area contributed by atoms with Crippen LogP contribution in [-0.2, 0) is 0 Å². The van der Waals surface area contributed by atoms with E-state index in [1.165, 1.54) is 11.3 Å². The number of fused-ring (bicyclic) bond motifs is 1. The van der Waals surface area contributed by atoms with Crippen molar-refractivity contribution in [2.24, 2.45) is 0 Å². The quantitative estimate of drug-likeness (QED) is 0.504. The summed E-state index contributed by atoms with van der Waals surface area (Å²) in [4.78, 5) is 14.7. The lowest BCUT2D eigenvalue weighted by Crippen LogP contribution is -2.47. The summed E-state index contributed by atoms with van der Waals surface area (Å²) in [5.74, 6) is 1.84. The van der Waals surface area contributed by atoms with Gasteiger partial charge < -0.3 is 9.80 Å². The third-order valence-corrected chi connectivity index (χ3v) is 5.59. The van der Waals surface area contributed by atoms with E-state index >= 15 is 0 Å². The summed E-state index contributed by atoms with van der Waals surface area (Å²) in [6.45, 7) is 5.97. The number of nitrogens with zero attached hydrogens (tertiary/aromatic N) is 4. The van der Waals surface area contributed by atoms with Crippen molar-refractivity contribution < 1.29 is 0 Å². The van der Waals surface area contributed by atoms with E-state index in [0.29, 0.717) is 0 Å². The first-order valence-electron chi connectivity index (χ1n) is 10.2. The molecule has 0 atom stereocenters. The van der Waals surface area contributed by atoms with E-state index in [1.54, 1.807) is 0 Å². The predicted octanol–water partition coefficient (Wildman–Crippen LogP) is 4.93. The molecule has 144 valence electrons. The van der Waals surface area contributed by atoms with Crippen molar-refractivity contribution in [3.05, 3.63) is 84.4 Å². The van der Waals surface area contributed by atoms with E-state index in [-0.39, 0.29) is 0 Å². The van der Waals surface area contributed by atoms with Gasteiger partial charge in [-0.15, -0.1) is 0 Å². The standard InChI is InChI=1S/C25H24N4/c1-19-11-13-20(14-12-19)24-26-23-10-6-5-9-22(23)25(27-24)29-17-15-28(16-18-29)21-7-3-2-4-8-21/h2-14H,15-18H2,1H3. The Kier molecular flexibility index (Phi) is 4.60. The summed E-state index contributed by atoms with van der Waals surface area (Å²) in [7, 11) is 0. The zero-order chi connectivity index (χ0) is 19.6. The molecule has 1 aliphatic rings. The minimum atomic E-state index is 0.796. The average molecular weight is 380 g/mol. The van der Waals surface area contributed by atoms with Crippen molar-refractivity contribution in [1.29, 1.82) is 0 Å². The molecule has 1 saturated heterocycles. The Morgan fingerprint density at radius 3 is 2.07 bits per heavy atom. The monoisotopic (exact) mass is 380 g/mol. The van der Waals surface area contributed by atoms with Crippen LogP contribution in [0.5, 0.6) is 0 Å². The number of rotatable bonds is 3. The van der Waals surface area contributed by atoms with Crippen LogP contribution in [0.2, 0.25) is 0 Å². The third-order valence-electron chi connectivity index (χ3n) is 5.59. The molecule has 4 heteroatoms. The smallest absolute Gasteiger partial charge is 0.162 e. The lowest BCUT2D eigenvalue weighted by atomic mass is 10.1. The molecule has 0 unspecified atom stereocenters. The van der Waals surface area contributed by atoms with E-state index in [9.17, 15) is 0 Å². The lowest BCUT2D eigenvalue weighted by Gasteiger charge is -2.37. The molecule has 0 bridgehead atoms. The van der Waals surface area contributed by atoms with Crippen LogP contribution in [0.1, 0.15) is 5.56 Å². The van der Waals surface area contributed by atoms with Gasteiger partial charge in [-0.2, -0.15) is 0 Å². The summed E-state index contributed by atoms with van der Waals surface area (Å²) in [6.07, 6.45) is 0. The van der Waals surface area contributed by atoms with Crippen LogP contribution in [0.25, 0.3) is 22.3 Å². The van der Waals surface area contributed by atoms with Crippen LogP contribution >= 0.6 is 0 Å². The van der Waals surface area contributed by atoms with Gasteiger partial charge in [0.1, 0.15) is 5.82 Å². The highest BCUT2D eigenvalue weighted by Crippen LogP contribution is 2.29. The van der Waals surface area contributed by atoms with Crippen LogP contribution in [-0.4, -0.2) is 36.1 Å². The van der Waals surface area contributed by atoms with Gasteiger partial charge in [-0.25, -0.2) is 9.97 Å². The molecule has 1 aromatic heterocycles. The van der Waals surface area contributed by atoms with Gasteiger partial charge in [0.25, 0.3) is 0 Å². The molecule has 1 aliphatic heterocycles. The summed E-state index contributed by atoms with van der Waals surface area (Å²) < 4.78 is 0. The summed E-state index contributed by atoms with van der Waals surface area (Å²) in [5, 5.41) is 1.12. The molecule has 0 N–H and O–H groups in total. The Balaban J connectivity index is 1.48. The van der Waals surface area contributed by atoms with E-state index < -0.39 is 0 Å². The highest BCUT2D eigenvalue weighted by molar-refractivity contribution is 5.91. The molecule has 4 nitrogen and oxygen atoms in total. The van der Waals surface area contributed by atoms with E-state index in [2.05, 4.69) is 89.5 Å². The number of hydrogen-bond acceptors (Lipinski definition) is 4. The summed E-state index contributed by atoms with van der Waals surface area (Å²) in [6, 6.07) is 27.4.